The SMILES string of the molecule is Cc1c(NS(=O)[O-])cccc1N(Cc1ccccc1)Cc1ccc(Cl)cc1F. The molecule has 0 saturated heterocycles. The van der Waals surface area contributed by atoms with E-state index in [9.17, 15) is 13.2 Å². The average Bonchev–Trinajstić information content (AvgIpc) is 2.65. The van der Waals surface area contributed by atoms with Gasteiger partial charge in [-0.25, -0.2) is 4.39 Å². The molecule has 0 aliphatic rings. The van der Waals surface area contributed by atoms with Crippen molar-refractivity contribution in [2.75, 3.05) is 9.62 Å². The molecule has 1 unspecified atom stereocenters. The monoisotopic (exact) mass is 417 g/mol. The van der Waals surface area contributed by atoms with E-state index in [4.69, 9.17) is 11.6 Å². The highest BCUT2D eigenvalue weighted by molar-refractivity contribution is 7.80. The number of nitrogens with zero attached hydrogens (tertiary/aromatic N) is 1. The summed E-state index contributed by atoms with van der Waals surface area (Å²) in [7, 11) is 0. The first-order valence-corrected chi connectivity index (χ1v) is 10.1. The Balaban J connectivity index is 1.99. The fourth-order valence-corrected chi connectivity index (χ4v) is 3.61. The Morgan fingerprint density at radius 2 is 1.82 bits per heavy atom. The van der Waals surface area contributed by atoms with Crippen molar-refractivity contribution in [1.29, 1.82) is 0 Å². The molecule has 0 radical (unpaired) electrons. The second kappa shape index (κ2) is 9.19. The molecule has 28 heavy (non-hydrogen) atoms. The van der Waals surface area contributed by atoms with Gasteiger partial charge in [0.2, 0.25) is 0 Å². The van der Waals surface area contributed by atoms with Crippen molar-refractivity contribution in [3.63, 3.8) is 0 Å². The quantitative estimate of drug-likeness (QED) is 0.537. The molecule has 146 valence electrons. The third-order valence-electron chi connectivity index (χ3n) is 4.43. The molecule has 0 aromatic heterocycles. The van der Waals surface area contributed by atoms with Crippen molar-refractivity contribution >= 4 is 34.2 Å². The zero-order valence-electron chi connectivity index (χ0n) is 15.2. The molecule has 7 heteroatoms. The number of hydrogen-bond acceptors (Lipinski definition) is 3. The van der Waals surface area contributed by atoms with Gasteiger partial charge >= 0.3 is 0 Å². The molecular weight excluding hydrogens is 399 g/mol. The Kier molecular flexibility index (Phi) is 6.67. The topological polar surface area (TPSA) is 55.4 Å². The van der Waals surface area contributed by atoms with E-state index in [1.54, 1.807) is 24.3 Å². The molecule has 0 amide bonds. The number of nitrogens with one attached hydrogen (secondary N) is 1. The molecular formula is C21H19ClFN2O2S-. The Bertz CT molecular complexity index is 985. The van der Waals surface area contributed by atoms with Gasteiger partial charge in [0.15, 0.2) is 0 Å². The molecule has 0 aliphatic carbocycles. The molecule has 3 aromatic rings. The van der Waals surface area contributed by atoms with E-state index in [1.165, 1.54) is 6.07 Å². The molecule has 0 spiro atoms. The van der Waals surface area contributed by atoms with Gasteiger partial charge in [-0.05, 0) is 42.3 Å². The minimum absolute atomic E-state index is 0.308. The lowest BCUT2D eigenvalue weighted by Crippen LogP contribution is -2.24. The van der Waals surface area contributed by atoms with Crippen molar-refractivity contribution in [3.8, 4) is 0 Å². The number of hydrogen-bond donors (Lipinski definition) is 1. The van der Waals surface area contributed by atoms with E-state index in [2.05, 4.69) is 4.72 Å². The van der Waals surface area contributed by atoms with Gasteiger partial charge < -0.3 is 14.2 Å². The maximum atomic E-state index is 14.4. The summed E-state index contributed by atoms with van der Waals surface area (Å²) in [6.07, 6.45) is 0. The van der Waals surface area contributed by atoms with E-state index in [1.807, 2.05) is 48.2 Å². The van der Waals surface area contributed by atoms with Gasteiger partial charge in [-0.2, -0.15) is 0 Å². The fourth-order valence-electron chi connectivity index (χ4n) is 3.05. The zero-order valence-corrected chi connectivity index (χ0v) is 16.8. The van der Waals surface area contributed by atoms with Crippen LogP contribution in [0.5, 0.6) is 0 Å². The second-order valence-corrected chi connectivity index (χ2v) is 7.47. The molecule has 0 aliphatic heterocycles. The lowest BCUT2D eigenvalue weighted by Gasteiger charge is -2.28. The van der Waals surface area contributed by atoms with Crippen molar-refractivity contribution in [2.45, 2.75) is 20.0 Å². The standard InChI is InChI=1S/C21H20ClFN2O2S/c1-15-20(24-28(26)27)8-5-9-21(15)25(13-16-6-3-2-4-7-16)14-17-10-11-18(22)12-19(17)23/h2-12,24H,13-14H2,1H3,(H,26,27)/p-1. The molecule has 0 bridgehead atoms. The third-order valence-corrected chi connectivity index (χ3v) is 5.05. The van der Waals surface area contributed by atoms with Crippen LogP contribution in [0, 0.1) is 12.7 Å². The first kappa shape index (κ1) is 20.3. The summed E-state index contributed by atoms with van der Waals surface area (Å²) in [5, 5.41) is 0.344. The van der Waals surface area contributed by atoms with Gasteiger partial charge in [0.05, 0.1) is 5.69 Å². The highest BCUT2D eigenvalue weighted by Crippen LogP contribution is 2.30. The minimum Gasteiger partial charge on any atom is -0.755 e. The van der Waals surface area contributed by atoms with Gasteiger partial charge in [-0.1, -0.05) is 54.1 Å². The zero-order chi connectivity index (χ0) is 20.1. The lowest BCUT2D eigenvalue weighted by atomic mass is 10.1. The maximum absolute atomic E-state index is 14.4. The van der Waals surface area contributed by atoms with Crippen LogP contribution >= 0.6 is 11.6 Å². The van der Waals surface area contributed by atoms with Gasteiger partial charge in [0.25, 0.3) is 0 Å². The van der Waals surface area contributed by atoms with Crippen LogP contribution < -0.4 is 9.62 Å². The molecule has 0 fully saturated rings. The normalized spacial score (nSPS) is 11.9. The summed E-state index contributed by atoms with van der Waals surface area (Å²) in [6.45, 7) is 2.68. The summed E-state index contributed by atoms with van der Waals surface area (Å²) < 4.78 is 39.0. The summed E-state index contributed by atoms with van der Waals surface area (Å²) in [5.74, 6) is -0.377. The van der Waals surface area contributed by atoms with Crippen molar-refractivity contribution < 1.29 is 13.2 Å². The number of rotatable bonds is 7. The van der Waals surface area contributed by atoms with E-state index in [-0.39, 0.29) is 5.82 Å². The Hall–Kier alpha value is -2.41. The van der Waals surface area contributed by atoms with Crippen LogP contribution in [0.25, 0.3) is 0 Å². The molecule has 4 nitrogen and oxygen atoms in total. The van der Waals surface area contributed by atoms with Gasteiger partial charge in [-0.3, -0.25) is 4.21 Å². The van der Waals surface area contributed by atoms with Crippen LogP contribution in [0.3, 0.4) is 0 Å². The third kappa shape index (κ3) is 5.10. The van der Waals surface area contributed by atoms with E-state index in [0.29, 0.717) is 29.4 Å². The number of benzene rings is 3. The minimum atomic E-state index is -2.42. The predicted molar refractivity (Wildman–Crippen MR) is 111 cm³/mol. The van der Waals surface area contributed by atoms with Gasteiger partial charge in [0, 0.05) is 40.6 Å². The average molecular weight is 418 g/mol. The maximum Gasteiger partial charge on any atom is 0.129 e. The van der Waals surface area contributed by atoms with E-state index >= 15 is 0 Å². The molecule has 3 aromatic carbocycles. The van der Waals surface area contributed by atoms with E-state index in [0.717, 1.165) is 16.8 Å². The van der Waals surface area contributed by atoms with Crippen molar-refractivity contribution in [2.24, 2.45) is 0 Å². The first-order chi connectivity index (χ1) is 13.4. The molecule has 1 N–H and O–H groups in total. The molecule has 0 heterocycles. The molecule has 0 saturated carbocycles. The summed E-state index contributed by atoms with van der Waals surface area (Å²) in [6, 6.07) is 19.8. The Morgan fingerprint density at radius 3 is 2.50 bits per heavy atom. The van der Waals surface area contributed by atoms with Crippen LogP contribution in [0.15, 0.2) is 66.7 Å². The summed E-state index contributed by atoms with van der Waals surface area (Å²) in [5.41, 5.74) is 3.62. The predicted octanol–water partition coefficient (Wildman–Crippen LogP) is 5.20. The van der Waals surface area contributed by atoms with E-state index < -0.39 is 11.3 Å². The number of halogens is 2. The highest BCUT2D eigenvalue weighted by atomic mass is 35.5. The number of anilines is 2. The summed E-state index contributed by atoms with van der Waals surface area (Å²) in [4.78, 5) is 2.01. The largest absolute Gasteiger partial charge is 0.755 e. The van der Waals surface area contributed by atoms with Crippen LogP contribution in [0.4, 0.5) is 15.8 Å². The van der Waals surface area contributed by atoms with Crippen LogP contribution in [-0.4, -0.2) is 8.76 Å². The molecule has 1 atom stereocenters. The Morgan fingerprint density at radius 1 is 1.07 bits per heavy atom. The van der Waals surface area contributed by atoms with Crippen LogP contribution in [-0.2, 0) is 24.4 Å². The fraction of sp³-hybridized carbons (Fsp3) is 0.143. The van der Waals surface area contributed by atoms with Crippen molar-refractivity contribution in [1.82, 2.24) is 0 Å². The van der Waals surface area contributed by atoms with Crippen LogP contribution in [0.2, 0.25) is 5.02 Å². The van der Waals surface area contributed by atoms with Crippen LogP contribution in [0.1, 0.15) is 16.7 Å². The van der Waals surface area contributed by atoms with Gasteiger partial charge in [-0.15, -0.1) is 0 Å². The second-order valence-electron chi connectivity index (χ2n) is 6.36. The first-order valence-electron chi connectivity index (χ1n) is 8.62. The van der Waals surface area contributed by atoms with Gasteiger partial charge in [0.1, 0.15) is 5.82 Å². The lowest BCUT2D eigenvalue weighted by molar-refractivity contribution is 0.542. The highest BCUT2D eigenvalue weighted by Gasteiger charge is 2.15. The summed E-state index contributed by atoms with van der Waals surface area (Å²) >= 11 is 3.45. The Labute approximate surface area is 171 Å². The smallest absolute Gasteiger partial charge is 0.129 e. The van der Waals surface area contributed by atoms with Crippen molar-refractivity contribution in [3.05, 3.63) is 94.3 Å². The molecule has 3 rings (SSSR count).